The number of aromatic nitrogens is 1. The van der Waals surface area contributed by atoms with Gasteiger partial charge in [0, 0.05) is 47.4 Å². The fourth-order valence-electron chi connectivity index (χ4n) is 6.56. The molecule has 4 nitrogen and oxygen atoms in total. The summed E-state index contributed by atoms with van der Waals surface area (Å²) in [6, 6.07) is 9.02. The van der Waals surface area contributed by atoms with Gasteiger partial charge in [-0.15, -0.1) is 0 Å². The van der Waals surface area contributed by atoms with E-state index in [1.165, 1.54) is 6.07 Å². The summed E-state index contributed by atoms with van der Waals surface area (Å²) in [5.74, 6) is 0.161. The van der Waals surface area contributed by atoms with Gasteiger partial charge in [0.05, 0.1) is 18.1 Å². The van der Waals surface area contributed by atoms with E-state index < -0.39 is 11.6 Å². The summed E-state index contributed by atoms with van der Waals surface area (Å²) in [6.07, 6.45) is 4.34. The van der Waals surface area contributed by atoms with Crippen molar-refractivity contribution >= 4 is 5.70 Å². The number of hydrogen-bond acceptors (Lipinski definition) is 4. The van der Waals surface area contributed by atoms with Crippen LogP contribution >= 0.6 is 0 Å². The highest BCUT2D eigenvalue weighted by atomic mass is 19.4. The van der Waals surface area contributed by atoms with Crippen LogP contribution in [-0.2, 0) is 6.42 Å². The predicted molar refractivity (Wildman–Crippen MR) is 145 cm³/mol. The van der Waals surface area contributed by atoms with Gasteiger partial charge in [0.25, 0.3) is 0 Å². The fourth-order valence-corrected chi connectivity index (χ4v) is 6.56. The van der Waals surface area contributed by atoms with Crippen LogP contribution in [0.15, 0.2) is 43.1 Å². The van der Waals surface area contributed by atoms with Gasteiger partial charge in [-0.3, -0.25) is 4.98 Å². The molecule has 1 aromatic carbocycles. The molecule has 2 saturated heterocycles. The number of nitrogens with zero attached hydrogens (tertiary/aromatic N) is 3. The first-order valence-electron chi connectivity index (χ1n) is 14.3. The third-order valence-electron chi connectivity index (χ3n) is 9.33. The number of aryl methyl sites for hydroxylation is 1. The molecule has 0 radical (unpaired) electrons. The van der Waals surface area contributed by atoms with Crippen LogP contribution in [-0.4, -0.2) is 64.9 Å². The summed E-state index contributed by atoms with van der Waals surface area (Å²) in [5.41, 5.74) is 2.12. The van der Waals surface area contributed by atoms with Gasteiger partial charge in [-0.05, 0) is 82.5 Å². The van der Waals surface area contributed by atoms with Crippen molar-refractivity contribution in [2.24, 2.45) is 11.3 Å². The second-order valence-electron chi connectivity index (χ2n) is 11.7. The van der Waals surface area contributed by atoms with E-state index in [0.717, 1.165) is 69.6 Å². The molecule has 212 valence electrons. The molecule has 8 heteroatoms. The normalized spacial score (nSPS) is 22.2. The highest BCUT2D eigenvalue weighted by molar-refractivity contribution is 5.69. The van der Waals surface area contributed by atoms with Crippen molar-refractivity contribution in [3.05, 3.63) is 60.2 Å². The SMILES string of the molecule is C=C(c1ccc(-c2ccc(CCC3CCN(CC4(C(F)(F)F)CCC4)CC3)nc2)c(F)c1)N1CCCC1CO. The average molecular weight is 546 g/mol. The van der Waals surface area contributed by atoms with Gasteiger partial charge in [-0.1, -0.05) is 31.2 Å². The number of piperidine rings is 1. The summed E-state index contributed by atoms with van der Waals surface area (Å²) in [5, 5.41) is 9.60. The lowest BCUT2D eigenvalue weighted by Crippen LogP contribution is -2.53. The molecule has 1 aromatic heterocycles. The van der Waals surface area contributed by atoms with Gasteiger partial charge in [-0.25, -0.2) is 4.39 Å². The van der Waals surface area contributed by atoms with Crippen LogP contribution in [0, 0.1) is 17.2 Å². The summed E-state index contributed by atoms with van der Waals surface area (Å²) in [4.78, 5) is 8.65. The monoisotopic (exact) mass is 545 g/mol. The Balaban J connectivity index is 1.12. The Bertz CT molecular complexity index is 1140. The Morgan fingerprint density at radius 3 is 2.41 bits per heavy atom. The van der Waals surface area contributed by atoms with Gasteiger partial charge < -0.3 is 14.9 Å². The van der Waals surface area contributed by atoms with Crippen LogP contribution < -0.4 is 0 Å². The molecule has 5 rings (SSSR count). The van der Waals surface area contributed by atoms with E-state index in [0.29, 0.717) is 29.0 Å². The lowest BCUT2D eigenvalue weighted by molar-refractivity contribution is -0.256. The molecule has 1 saturated carbocycles. The minimum Gasteiger partial charge on any atom is -0.394 e. The average Bonchev–Trinajstić information content (AvgIpc) is 3.38. The number of rotatable bonds is 9. The fraction of sp³-hybridized carbons (Fsp3) is 0.581. The number of pyridine rings is 1. The molecule has 0 bridgehead atoms. The molecule has 3 heterocycles. The number of aliphatic hydroxyl groups excluding tert-OH is 1. The second kappa shape index (κ2) is 11.6. The van der Waals surface area contributed by atoms with Gasteiger partial charge in [0.1, 0.15) is 5.82 Å². The van der Waals surface area contributed by atoms with Crippen molar-refractivity contribution < 1.29 is 22.7 Å². The van der Waals surface area contributed by atoms with E-state index in [1.807, 2.05) is 23.1 Å². The molecule has 1 N–H and O–H groups in total. The van der Waals surface area contributed by atoms with E-state index in [2.05, 4.69) is 16.5 Å². The first-order chi connectivity index (χ1) is 18.7. The maximum Gasteiger partial charge on any atom is 0.395 e. The summed E-state index contributed by atoms with van der Waals surface area (Å²) in [6.45, 7) is 6.64. The Labute approximate surface area is 228 Å². The molecule has 2 aromatic rings. The first kappa shape index (κ1) is 28.1. The Morgan fingerprint density at radius 1 is 1.05 bits per heavy atom. The van der Waals surface area contributed by atoms with Crippen LogP contribution in [0.4, 0.5) is 17.6 Å². The van der Waals surface area contributed by atoms with Crippen molar-refractivity contribution in [2.45, 2.75) is 70.0 Å². The predicted octanol–water partition coefficient (Wildman–Crippen LogP) is 6.69. The molecular formula is C31H39F4N3O. The Hall–Kier alpha value is -2.45. The van der Waals surface area contributed by atoms with Gasteiger partial charge in [0.2, 0.25) is 0 Å². The lowest BCUT2D eigenvalue weighted by atomic mass is 9.67. The van der Waals surface area contributed by atoms with Crippen molar-refractivity contribution in [2.75, 3.05) is 32.8 Å². The molecule has 1 atom stereocenters. The lowest BCUT2D eigenvalue weighted by Gasteiger charge is -2.47. The van der Waals surface area contributed by atoms with Gasteiger partial charge >= 0.3 is 6.18 Å². The van der Waals surface area contributed by atoms with Crippen LogP contribution in [0.5, 0.6) is 0 Å². The molecule has 2 aliphatic heterocycles. The zero-order chi connectivity index (χ0) is 27.6. The van der Waals surface area contributed by atoms with E-state index in [4.69, 9.17) is 0 Å². The van der Waals surface area contributed by atoms with Crippen molar-refractivity contribution in [3.63, 3.8) is 0 Å². The molecule has 1 aliphatic carbocycles. The van der Waals surface area contributed by atoms with E-state index >= 15 is 4.39 Å². The van der Waals surface area contributed by atoms with E-state index in [9.17, 15) is 18.3 Å². The van der Waals surface area contributed by atoms with Crippen LogP contribution in [0.2, 0.25) is 0 Å². The summed E-state index contributed by atoms with van der Waals surface area (Å²) < 4.78 is 55.6. The highest BCUT2D eigenvalue weighted by Crippen LogP contribution is 2.53. The van der Waals surface area contributed by atoms with Crippen molar-refractivity contribution in [3.8, 4) is 11.1 Å². The van der Waals surface area contributed by atoms with Crippen LogP contribution in [0.3, 0.4) is 0 Å². The molecule has 1 unspecified atom stereocenters. The largest absolute Gasteiger partial charge is 0.395 e. The summed E-state index contributed by atoms with van der Waals surface area (Å²) in [7, 11) is 0. The molecule has 0 amide bonds. The number of benzene rings is 1. The van der Waals surface area contributed by atoms with Crippen molar-refractivity contribution in [1.29, 1.82) is 0 Å². The third kappa shape index (κ3) is 6.02. The topological polar surface area (TPSA) is 39.6 Å². The standard InChI is InChI=1S/C31H39F4N3O/c1-22(38-15-2-4-27(38)20-39)24-7-10-28(29(32)18-24)25-6-9-26(36-19-25)8-5-23-11-16-37(17-12-23)21-30(13-3-14-30)31(33,34)35/h6-7,9-10,18-19,23,27,39H,1-5,8,11-17,20-21H2. The van der Waals surface area contributed by atoms with Crippen LogP contribution in [0.25, 0.3) is 16.8 Å². The van der Waals surface area contributed by atoms with Gasteiger partial charge in [0.15, 0.2) is 0 Å². The van der Waals surface area contributed by atoms with E-state index in [-0.39, 0.29) is 37.9 Å². The zero-order valence-electron chi connectivity index (χ0n) is 22.5. The third-order valence-corrected chi connectivity index (χ3v) is 9.33. The molecule has 39 heavy (non-hydrogen) atoms. The summed E-state index contributed by atoms with van der Waals surface area (Å²) >= 11 is 0. The van der Waals surface area contributed by atoms with Gasteiger partial charge in [-0.2, -0.15) is 13.2 Å². The number of aliphatic hydroxyl groups is 1. The number of alkyl halides is 3. The van der Waals surface area contributed by atoms with E-state index in [1.54, 1.807) is 12.3 Å². The maximum absolute atomic E-state index is 15.1. The van der Waals surface area contributed by atoms with Crippen LogP contribution in [0.1, 0.15) is 62.6 Å². The maximum atomic E-state index is 15.1. The number of halogens is 4. The Kier molecular flexibility index (Phi) is 8.34. The number of hydrogen-bond donors (Lipinski definition) is 1. The highest BCUT2D eigenvalue weighted by Gasteiger charge is 2.58. The minimum atomic E-state index is -4.10. The Morgan fingerprint density at radius 2 is 1.82 bits per heavy atom. The molecular weight excluding hydrogens is 506 g/mol. The quantitative estimate of drug-likeness (QED) is 0.357. The van der Waals surface area contributed by atoms with Crippen molar-refractivity contribution in [1.82, 2.24) is 14.8 Å². The smallest absolute Gasteiger partial charge is 0.394 e. The molecule has 3 fully saturated rings. The first-order valence-corrected chi connectivity index (χ1v) is 14.3. The molecule has 3 aliphatic rings. The second-order valence-corrected chi connectivity index (χ2v) is 11.7. The molecule has 0 spiro atoms. The minimum absolute atomic E-state index is 0.0401. The zero-order valence-corrected chi connectivity index (χ0v) is 22.5. The number of likely N-dealkylation sites (tertiary alicyclic amines) is 2.